The average Bonchev–Trinajstić information content (AvgIpc) is 2.83. The van der Waals surface area contributed by atoms with Crippen molar-refractivity contribution in [2.75, 3.05) is 16.8 Å². The molecule has 10 heteroatoms. The Bertz CT molecular complexity index is 1360. The second-order valence-corrected chi connectivity index (χ2v) is 7.76. The van der Waals surface area contributed by atoms with E-state index in [0.717, 1.165) is 4.90 Å². The van der Waals surface area contributed by atoms with Crippen molar-refractivity contribution in [2.45, 2.75) is 0 Å². The summed E-state index contributed by atoms with van der Waals surface area (Å²) in [6.07, 6.45) is 1.30. The van der Waals surface area contributed by atoms with E-state index in [1.807, 2.05) is 0 Å². The molecule has 0 aliphatic carbocycles. The molecule has 1 aliphatic rings. The number of anilines is 2. The van der Waals surface area contributed by atoms with Crippen molar-refractivity contribution in [3.8, 4) is 5.75 Å². The van der Waals surface area contributed by atoms with Gasteiger partial charge in [0.1, 0.15) is 17.1 Å². The van der Waals surface area contributed by atoms with E-state index in [1.54, 1.807) is 24.3 Å². The molecule has 0 bridgehead atoms. The second kappa shape index (κ2) is 10.2. The van der Waals surface area contributed by atoms with Gasteiger partial charge in [0.05, 0.1) is 11.4 Å². The molecule has 2 N–H and O–H groups in total. The molecule has 1 heterocycles. The Morgan fingerprint density at radius 1 is 1.03 bits per heavy atom. The van der Waals surface area contributed by atoms with Gasteiger partial charge in [-0.3, -0.25) is 19.7 Å². The van der Waals surface area contributed by atoms with E-state index < -0.39 is 36.2 Å². The van der Waals surface area contributed by atoms with E-state index in [1.165, 1.54) is 54.6 Å². The first-order chi connectivity index (χ1) is 16.8. The number of imide groups is 2. The van der Waals surface area contributed by atoms with Crippen LogP contribution in [0.1, 0.15) is 5.56 Å². The van der Waals surface area contributed by atoms with Crippen LogP contribution in [-0.4, -0.2) is 30.4 Å². The predicted molar refractivity (Wildman–Crippen MR) is 127 cm³/mol. The molecule has 3 aromatic carbocycles. The van der Waals surface area contributed by atoms with Gasteiger partial charge in [-0.1, -0.05) is 35.9 Å². The highest BCUT2D eigenvalue weighted by atomic mass is 35.5. The summed E-state index contributed by atoms with van der Waals surface area (Å²) in [5.41, 5.74) is 0.421. The zero-order chi connectivity index (χ0) is 24.9. The van der Waals surface area contributed by atoms with Gasteiger partial charge in [0.25, 0.3) is 17.7 Å². The van der Waals surface area contributed by atoms with Crippen LogP contribution in [0, 0.1) is 5.82 Å². The lowest BCUT2D eigenvalue weighted by Gasteiger charge is -2.26. The molecule has 0 atom stereocenters. The first kappa shape index (κ1) is 23.7. The topological polar surface area (TPSA) is 105 Å². The molecule has 1 aliphatic heterocycles. The van der Waals surface area contributed by atoms with Gasteiger partial charge in [-0.15, -0.1) is 0 Å². The van der Waals surface area contributed by atoms with E-state index in [9.17, 15) is 23.6 Å². The summed E-state index contributed by atoms with van der Waals surface area (Å²) < 4.78 is 19.1. The van der Waals surface area contributed by atoms with Gasteiger partial charge < -0.3 is 10.1 Å². The summed E-state index contributed by atoms with van der Waals surface area (Å²) in [6.45, 7) is -0.396. The summed E-state index contributed by atoms with van der Waals surface area (Å²) in [4.78, 5) is 50.5. The predicted octanol–water partition coefficient (Wildman–Crippen LogP) is 4.16. The van der Waals surface area contributed by atoms with Crippen molar-refractivity contribution in [1.29, 1.82) is 0 Å². The number of urea groups is 1. The van der Waals surface area contributed by atoms with Crippen molar-refractivity contribution in [3.05, 3.63) is 94.8 Å². The molecule has 0 aromatic heterocycles. The molecule has 176 valence electrons. The molecular weight excluding hydrogens is 477 g/mol. The monoisotopic (exact) mass is 493 g/mol. The van der Waals surface area contributed by atoms with Gasteiger partial charge in [-0.05, 0) is 60.2 Å². The van der Waals surface area contributed by atoms with Crippen LogP contribution in [0.4, 0.5) is 20.6 Å². The standard InChI is InChI=1S/C25H17ClFN3O5/c26-16-8-10-17(11-9-16)30-24(33)19(23(32)29-25(30)34)13-15-4-3-5-18(12-15)35-14-22(31)28-21-7-2-1-6-20(21)27/h1-13H,14H2,(H,28,31)(H,29,32,34)/b19-13-. The number of nitrogens with zero attached hydrogens (tertiary/aromatic N) is 1. The van der Waals surface area contributed by atoms with Crippen molar-refractivity contribution >= 4 is 52.8 Å². The third kappa shape index (κ3) is 5.53. The fourth-order valence-electron chi connectivity index (χ4n) is 3.24. The van der Waals surface area contributed by atoms with Crippen LogP contribution in [0.5, 0.6) is 5.75 Å². The lowest BCUT2D eigenvalue weighted by atomic mass is 10.1. The number of nitrogens with one attached hydrogen (secondary N) is 2. The highest BCUT2D eigenvalue weighted by Crippen LogP contribution is 2.24. The van der Waals surface area contributed by atoms with Gasteiger partial charge in [0.2, 0.25) is 0 Å². The molecule has 0 spiro atoms. The second-order valence-electron chi connectivity index (χ2n) is 7.32. The minimum absolute atomic E-state index is 0.0289. The number of hydrogen-bond donors (Lipinski definition) is 2. The minimum atomic E-state index is -0.877. The Morgan fingerprint density at radius 3 is 2.51 bits per heavy atom. The Labute approximate surface area is 203 Å². The minimum Gasteiger partial charge on any atom is -0.484 e. The first-order valence-corrected chi connectivity index (χ1v) is 10.6. The first-order valence-electron chi connectivity index (χ1n) is 10.3. The fourth-order valence-corrected chi connectivity index (χ4v) is 3.37. The van der Waals surface area contributed by atoms with Crippen LogP contribution in [-0.2, 0) is 14.4 Å². The Hall–Kier alpha value is -4.50. The molecule has 3 aromatic rings. The summed E-state index contributed by atoms with van der Waals surface area (Å²) >= 11 is 5.87. The van der Waals surface area contributed by atoms with Crippen LogP contribution in [0.15, 0.2) is 78.4 Å². The number of carbonyl (C=O) groups excluding carboxylic acids is 4. The van der Waals surface area contributed by atoms with E-state index >= 15 is 0 Å². The lowest BCUT2D eigenvalue weighted by molar-refractivity contribution is -0.122. The number of benzene rings is 3. The molecule has 0 radical (unpaired) electrons. The van der Waals surface area contributed by atoms with Gasteiger partial charge in [0, 0.05) is 5.02 Å². The van der Waals surface area contributed by atoms with Gasteiger partial charge >= 0.3 is 6.03 Å². The van der Waals surface area contributed by atoms with Gasteiger partial charge in [-0.25, -0.2) is 14.1 Å². The molecule has 35 heavy (non-hydrogen) atoms. The third-order valence-electron chi connectivity index (χ3n) is 4.87. The number of amides is 5. The van der Waals surface area contributed by atoms with Crippen LogP contribution in [0.2, 0.25) is 5.02 Å². The van der Waals surface area contributed by atoms with Gasteiger partial charge in [-0.2, -0.15) is 0 Å². The summed E-state index contributed by atoms with van der Waals surface area (Å²) in [7, 11) is 0. The van der Waals surface area contributed by atoms with E-state index in [4.69, 9.17) is 16.3 Å². The smallest absolute Gasteiger partial charge is 0.335 e. The summed E-state index contributed by atoms with van der Waals surface area (Å²) in [5.74, 6) is -2.52. The molecule has 4 rings (SSSR count). The number of ether oxygens (including phenoxy) is 1. The zero-order valence-electron chi connectivity index (χ0n) is 18.0. The average molecular weight is 494 g/mol. The van der Waals surface area contributed by atoms with Crippen LogP contribution < -0.4 is 20.3 Å². The van der Waals surface area contributed by atoms with Crippen molar-refractivity contribution in [1.82, 2.24) is 5.32 Å². The normalized spacial score (nSPS) is 14.6. The molecule has 5 amide bonds. The highest BCUT2D eigenvalue weighted by Gasteiger charge is 2.36. The maximum absolute atomic E-state index is 13.7. The molecule has 1 saturated heterocycles. The summed E-state index contributed by atoms with van der Waals surface area (Å²) in [5, 5.41) is 4.96. The van der Waals surface area contributed by atoms with Crippen molar-refractivity contribution in [2.24, 2.45) is 0 Å². The molecular formula is C25H17ClFN3O5. The largest absolute Gasteiger partial charge is 0.484 e. The Balaban J connectivity index is 1.49. The maximum atomic E-state index is 13.7. The SMILES string of the molecule is O=C(COc1cccc(/C=C2/C(=O)NC(=O)N(c3ccc(Cl)cc3)C2=O)c1)Nc1ccccc1F. The van der Waals surface area contributed by atoms with E-state index in [0.29, 0.717) is 10.6 Å². The number of carbonyl (C=O) groups is 4. The summed E-state index contributed by atoms with van der Waals surface area (Å²) in [6, 6.07) is 17.1. The van der Waals surface area contributed by atoms with Crippen molar-refractivity contribution in [3.63, 3.8) is 0 Å². The maximum Gasteiger partial charge on any atom is 0.335 e. The van der Waals surface area contributed by atoms with Crippen LogP contribution in [0.3, 0.4) is 0 Å². The third-order valence-corrected chi connectivity index (χ3v) is 5.13. The van der Waals surface area contributed by atoms with E-state index in [2.05, 4.69) is 10.6 Å². The number of barbiturate groups is 1. The highest BCUT2D eigenvalue weighted by molar-refractivity contribution is 6.39. The Kier molecular flexibility index (Phi) is 6.88. The number of halogens is 2. The van der Waals surface area contributed by atoms with Crippen LogP contribution >= 0.6 is 11.6 Å². The number of para-hydroxylation sites is 1. The van der Waals surface area contributed by atoms with Crippen molar-refractivity contribution < 1.29 is 28.3 Å². The zero-order valence-corrected chi connectivity index (χ0v) is 18.7. The molecule has 1 fully saturated rings. The number of hydrogen-bond acceptors (Lipinski definition) is 5. The molecule has 8 nitrogen and oxygen atoms in total. The molecule has 0 unspecified atom stereocenters. The van der Waals surface area contributed by atoms with Crippen LogP contribution in [0.25, 0.3) is 6.08 Å². The lowest BCUT2D eigenvalue weighted by Crippen LogP contribution is -2.54. The Morgan fingerprint density at radius 2 is 1.77 bits per heavy atom. The fraction of sp³-hybridized carbons (Fsp3) is 0.0400. The number of rotatable bonds is 6. The van der Waals surface area contributed by atoms with E-state index in [-0.39, 0.29) is 22.7 Å². The molecule has 0 saturated carbocycles. The quantitative estimate of drug-likeness (QED) is 0.396. The van der Waals surface area contributed by atoms with Gasteiger partial charge in [0.15, 0.2) is 6.61 Å².